The van der Waals surface area contributed by atoms with Gasteiger partial charge >= 0.3 is 5.97 Å². The fourth-order valence-electron chi connectivity index (χ4n) is 5.19. The molecule has 3 heterocycles. The predicted octanol–water partition coefficient (Wildman–Crippen LogP) is 4.11. The Hall–Kier alpha value is -4.63. The molecule has 4 aromatic rings. The highest BCUT2D eigenvalue weighted by molar-refractivity contribution is 8.00. The number of ether oxygens (including phenoxy) is 1. The average Bonchev–Trinajstić information content (AvgIpc) is 3.44. The van der Waals surface area contributed by atoms with Gasteiger partial charge in [0.25, 0.3) is 5.91 Å². The molecule has 1 aromatic heterocycles. The molecule has 2 amide bonds. The van der Waals surface area contributed by atoms with E-state index in [-0.39, 0.29) is 23.9 Å². The maximum Gasteiger partial charge on any atom is 0.356 e. The summed E-state index contributed by atoms with van der Waals surface area (Å²) in [5.74, 6) is -0.197. The Labute approximate surface area is 242 Å². The van der Waals surface area contributed by atoms with Crippen LogP contribution in [0.15, 0.2) is 109 Å². The Kier molecular flexibility index (Phi) is 7.43. The van der Waals surface area contributed by atoms with E-state index in [1.165, 1.54) is 16.7 Å². The van der Waals surface area contributed by atoms with Crippen LogP contribution in [0, 0.1) is 0 Å². The molecule has 0 bridgehead atoms. The van der Waals surface area contributed by atoms with Gasteiger partial charge in [-0.25, -0.2) is 9.78 Å². The number of aryl methyl sites for hydroxylation is 1. The van der Waals surface area contributed by atoms with Crippen molar-refractivity contribution >= 4 is 35.1 Å². The molecular weight excluding hydrogens is 536 g/mol. The molecule has 206 valence electrons. The van der Waals surface area contributed by atoms with Crippen LogP contribution < -0.4 is 5.32 Å². The Morgan fingerprint density at radius 1 is 0.976 bits per heavy atom. The Balaban J connectivity index is 1.30. The molecule has 9 heteroatoms. The Bertz CT molecular complexity index is 1560. The van der Waals surface area contributed by atoms with Gasteiger partial charge in [0.2, 0.25) is 5.91 Å². The van der Waals surface area contributed by atoms with Crippen molar-refractivity contribution in [2.24, 2.45) is 7.05 Å². The van der Waals surface area contributed by atoms with E-state index in [1.54, 1.807) is 12.4 Å². The van der Waals surface area contributed by atoms with E-state index in [1.807, 2.05) is 103 Å². The minimum Gasteiger partial charge on any atom is -0.448 e. The minimum absolute atomic E-state index is 0.165. The summed E-state index contributed by atoms with van der Waals surface area (Å²) in [5.41, 5.74) is 3.27. The normalized spacial score (nSPS) is 18.1. The predicted molar refractivity (Wildman–Crippen MR) is 156 cm³/mol. The van der Waals surface area contributed by atoms with E-state index in [4.69, 9.17) is 4.74 Å². The van der Waals surface area contributed by atoms with E-state index >= 15 is 0 Å². The quantitative estimate of drug-likeness (QED) is 0.256. The van der Waals surface area contributed by atoms with Gasteiger partial charge in [-0.3, -0.25) is 14.5 Å². The topological polar surface area (TPSA) is 93.5 Å². The van der Waals surface area contributed by atoms with Crippen molar-refractivity contribution in [1.82, 2.24) is 19.8 Å². The summed E-state index contributed by atoms with van der Waals surface area (Å²) in [6.07, 6.45) is 2.94. The molecule has 8 nitrogen and oxygen atoms in total. The van der Waals surface area contributed by atoms with Gasteiger partial charge in [0.05, 0.1) is 6.42 Å². The zero-order valence-electron chi connectivity index (χ0n) is 22.3. The van der Waals surface area contributed by atoms with E-state index in [2.05, 4.69) is 10.3 Å². The van der Waals surface area contributed by atoms with Crippen LogP contribution >= 0.6 is 11.8 Å². The molecule has 6 rings (SSSR count). The lowest BCUT2D eigenvalue weighted by molar-refractivity contribution is -0.154. The third-order valence-electron chi connectivity index (χ3n) is 7.21. The van der Waals surface area contributed by atoms with Crippen LogP contribution in [0.3, 0.4) is 0 Å². The molecule has 0 saturated carbocycles. The van der Waals surface area contributed by atoms with Crippen LogP contribution in [0.2, 0.25) is 0 Å². The van der Waals surface area contributed by atoms with Crippen LogP contribution in [-0.4, -0.2) is 49.4 Å². The Morgan fingerprint density at radius 3 is 2.17 bits per heavy atom. The summed E-state index contributed by atoms with van der Waals surface area (Å²) in [7, 11) is 1.84. The van der Waals surface area contributed by atoms with Gasteiger partial charge < -0.3 is 14.6 Å². The zero-order valence-corrected chi connectivity index (χ0v) is 23.2. The second kappa shape index (κ2) is 11.5. The van der Waals surface area contributed by atoms with E-state index in [0.717, 1.165) is 16.7 Å². The summed E-state index contributed by atoms with van der Waals surface area (Å²) in [6, 6.07) is 27.7. The lowest BCUT2D eigenvalue weighted by atomic mass is 10.00. The molecule has 0 aliphatic carbocycles. The summed E-state index contributed by atoms with van der Waals surface area (Å²) in [6.45, 7) is 0. The maximum atomic E-state index is 14.1. The molecule has 1 fully saturated rings. The first kappa shape index (κ1) is 26.6. The number of carbonyl (C=O) groups excluding carboxylic acids is 3. The fourth-order valence-corrected chi connectivity index (χ4v) is 6.53. The molecule has 0 spiro atoms. The van der Waals surface area contributed by atoms with Crippen molar-refractivity contribution < 1.29 is 19.1 Å². The number of hydrogen-bond donors (Lipinski definition) is 1. The summed E-state index contributed by atoms with van der Waals surface area (Å²) < 4.78 is 8.02. The number of esters is 1. The largest absolute Gasteiger partial charge is 0.448 e. The molecule has 0 radical (unpaired) electrons. The summed E-state index contributed by atoms with van der Waals surface area (Å²) in [5, 5.41) is 2.45. The van der Waals surface area contributed by atoms with Crippen molar-refractivity contribution in [3.63, 3.8) is 0 Å². The molecule has 2 atom stereocenters. The number of amides is 2. The minimum atomic E-state index is -0.735. The third-order valence-corrected chi connectivity index (χ3v) is 8.49. The second-order valence-corrected chi connectivity index (χ2v) is 11.0. The lowest BCUT2D eigenvalue weighted by Gasteiger charge is -2.49. The number of hydrogen-bond acceptors (Lipinski definition) is 6. The van der Waals surface area contributed by atoms with E-state index in [0.29, 0.717) is 17.2 Å². The molecule has 41 heavy (non-hydrogen) atoms. The van der Waals surface area contributed by atoms with E-state index < -0.39 is 23.5 Å². The lowest BCUT2D eigenvalue weighted by Crippen LogP contribution is -2.70. The van der Waals surface area contributed by atoms with Crippen molar-refractivity contribution in [1.29, 1.82) is 0 Å². The molecule has 1 unspecified atom stereocenters. The van der Waals surface area contributed by atoms with Crippen LogP contribution in [0.1, 0.15) is 28.6 Å². The number of carbonyl (C=O) groups is 3. The molecule has 2 aliphatic heterocycles. The van der Waals surface area contributed by atoms with Crippen molar-refractivity contribution in [3.8, 4) is 0 Å². The van der Waals surface area contributed by atoms with Gasteiger partial charge in [-0.15, -0.1) is 11.8 Å². The molecule has 1 N–H and O–H groups in total. The number of β-lactam (4-membered cyclic amide) rings is 1. The first-order valence-corrected chi connectivity index (χ1v) is 14.4. The maximum absolute atomic E-state index is 14.1. The molecular formula is C32H28N4O4S. The summed E-state index contributed by atoms with van der Waals surface area (Å²) >= 11 is 1.49. The highest BCUT2D eigenvalue weighted by Gasteiger charge is 2.55. The number of aromatic nitrogens is 2. The molecule has 1 saturated heterocycles. The number of fused-ring (bicyclic) bond motifs is 1. The first-order valence-electron chi connectivity index (χ1n) is 13.3. The van der Waals surface area contributed by atoms with Crippen molar-refractivity contribution in [3.05, 3.63) is 132 Å². The standard InChI is InChI=1S/C32H28N4O4S/c1-35-18-17-33-29(35)24-20-41-31-26(34-25(37)19-21-11-5-2-6-12-21)30(38)36(31)27(24)32(39)40-28(22-13-7-3-8-14-22)23-15-9-4-10-16-23/h2-18,26,28,31H,19-20H2,1H3,(H,34,37)/t26?,31-/m1/s1. The van der Waals surface area contributed by atoms with Gasteiger partial charge in [-0.1, -0.05) is 91.0 Å². The number of nitrogens with zero attached hydrogens (tertiary/aromatic N) is 3. The van der Waals surface area contributed by atoms with Crippen LogP contribution in [0.5, 0.6) is 0 Å². The summed E-state index contributed by atoms with van der Waals surface area (Å²) in [4.78, 5) is 46.3. The number of thioether (sulfide) groups is 1. The number of nitrogens with one attached hydrogen (secondary N) is 1. The van der Waals surface area contributed by atoms with Crippen LogP contribution in [0.4, 0.5) is 0 Å². The van der Waals surface area contributed by atoms with Crippen LogP contribution in [0.25, 0.3) is 5.57 Å². The van der Waals surface area contributed by atoms with E-state index in [9.17, 15) is 14.4 Å². The van der Waals surface area contributed by atoms with Crippen molar-refractivity contribution in [2.45, 2.75) is 23.9 Å². The van der Waals surface area contributed by atoms with Gasteiger partial charge in [-0.2, -0.15) is 0 Å². The Morgan fingerprint density at radius 2 is 1.59 bits per heavy atom. The molecule has 3 aromatic carbocycles. The van der Waals surface area contributed by atoms with Gasteiger partial charge in [-0.05, 0) is 16.7 Å². The smallest absolute Gasteiger partial charge is 0.356 e. The number of rotatable bonds is 8. The van der Waals surface area contributed by atoms with Gasteiger partial charge in [0.1, 0.15) is 22.9 Å². The van der Waals surface area contributed by atoms with Gasteiger partial charge in [0, 0.05) is 30.8 Å². The third kappa shape index (κ3) is 5.28. The molecule has 2 aliphatic rings. The highest BCUT2D eigenvalue weighted by Crippen LogP contribution is 2.44. The monoisotopic (exact) mass is 564 g/mol. The fraction of sp³-hybridized carbons (Fsp3) is 0.188. The highest BCUT2D eigenvalue weighted by atomic mass is 32.2. The average molecular weight is 565 g/mol. The van der Waals surface area contributed by atoms with Crippen molar-refractivity contribution in [2.75, 3.05) is 5.75 Å². The number of benzene rings is 3. The van der Waals surface area contributed by atoms with Gasteiger partial charge in [0.15, 0.2) is 6.10 Å². The second-order valence-electron chi connectivity index (χ2n) is 9.91. The van der Waals surface area contributed by atoms with Crippen LogP contribution in [-0.2, 0) is 32.6 Å². The number of imidazole rings is 1. The first-order chi connectivity index (χ1) is 20.0. The SMILES string of the molecule is Cn1ccnc1C1=C(C(=O)OC(c2ccccc2)c2ccccc2)N2C(=O)C(NC(=O)Cc3ccccc3)[C@H]2SC1. The zero-order chi connectivity index (χ0) is 28.3.